The second-order valence-corrected chi connectivity index (χ2v) is 6.50. The lowest BCUT2D eigenvalue weighted by Gasteiger charge is -2.27. The van der Waals surface area contributed by atoms with Crippen molar-refractivity contribution in [1.82, 2.24) is 19.7 Å². The Bertz CT molecular complexity index is 847. The minimum absolute atomic E-state index is 0.0635. The standard InChI is InChI=1S/C17H19N5O3/c1-20-14(13(8-19-20)17(24)25)16(23)21-9-11-4-2-6-18-15(11)22-7-3-5-12(22)10-21/h2,4,6,8,12H,3,5,7,9-10H2,1H3,(H,24,25)/t12-/m0/s1. The van der Waals surface area contributed by atoms with Gasteiger partial charge in [0.1, 0.15) is 17.1 Å². The van der Waals surface area contributed by atoms with Gasteiger partial charge in [0, 0.05) is 44.5 Å². The maximum atomic E-state index is 13.1. The zero-order valence-corrected chi connectivity index (χ0v) is 13.9. The van der Waals surface area contributed by atoms with Crippen molar-refractivity contribution in [3.05, 3.63) is 41.3 Å². The van der Waals surface area contributed by atoms with E-state index in [-0.39, 0.29) is 23.2 Å². The largest absolute Gasteiger partial charge is 0.478 e. The van der Waals surface area contributed by atoms with Crippen molar-refractivity contribution < 1.29 is 14.7 Å². The second kappa shape index (κ2) is 5.87. The molecule has 2 aliphatic rings. The van der Waals surface area contributed by atoms with Gasteiger partial charge in [-0.1, -0.05) is 6.07 Å². The molecule has 8 heteroatoms. The number of aromatic nitrogens is 3. The first-order valence-corrected chi connectivity index (χ1v) is 8.31. The van der Waals surface area contributed by atoms with E-state index in [1.54, 1.807) is 18.1 Å². The Kier molecular flexibility index (Phi) is 3.67. The first-order chi connectivity index (χ1) is 12.1. The van der Waals surface area contributed by atoms with Gasteiger partial charge in [-0.2, -0.15) is 5.10 Å². The van der Waals surface area contributed by atoms with E-state index < -0.39 is 5.97 Å². The summed E-state index contributed by atoms with van der Waals surface area (Å²) in [5.41, 5.74) is 1.04. The van der Waals surface area contributed by atoms with E-state index >= 15 is 0 Å². The molecule has 0 aromatic carbocycles. The summed E-state index contributed by atoms with van der Waals surface area (Å²) in [5, 5.41) is 13.3. The highest BCUT2D eigenvalue weighted by atomic mass is 16.4. The van der Waals surface area contributed by atoms with Crippen LogP contribution in [0.4, 0.5) is 5.82 Å². The molecule has 1 amide bonds. The van der Waals surface area contributed by atoms with E-state index in [0.29, 0.717) is 13.1 Å². The fraction of sp³-hybridized carbons (Fsp3) is 0.412. The van der Waals surface area contributed by atoms with Crippen molar-refractivity contribution in [2.45, 2.75) is 25.4 Å². The van der Waals surface area contributed by atoms with Gasteiger partial charge < -0.3 is 14.9 Å². The third-order valence-electron chi connectivity index (χ3n) is 4.97. The maximum absolute atomic E-state index is 13.1. The lowest BCUT2D eigenvalue weighted by molar-refractivity contribution is 0.0666. The number of carboxylic acids is 1. The lowest BCUT2D eigenvalue weighted by Crippen LogP contribution is -2.41. The average molecular weight is 341 g/mol. The van der Waals surface area contributed by atoms with Crippen LogP contribution >= 0.6 is 0 Å². The topological polar surface area (TPSA) is 91.6 Å². The Labute approximate surface area is 144 Å². The number of rotatable bonds is 2. The zero-order chi connectivity index (χ0) is 17.6. The van der Waals surface area contributed by atoms with Gasteiger partial charge in [0.25, 0.3) is 5.91 Å². The van der Waals surface area contributed by atoms with E-state index in [1.807, 2.05) is 12.1 Å². The molecule has 0 spiro atoms. The van der Waals surface area contributed by atoms with Gasteiger partial charge in [-0.25, -0.2) is 9.78 Å². The monoisotopic (exact) mass is 341 g/mol. The van der Waals surface area contributed by atoms with Gasteiger partial charge in [0.2, 0.25) is 0 Å². The summed E-state index contributed by atoms with van der Waals surface area (Å²) in [6.45, 7) is 1.90. The number of fused-ring (bicyclic) bond motifs is 3. The predicted octanol–water partition coefficient (Wildman–Crippen LogP) is 1.14. The molecular weight excluding hydrogens is 322 g/mol. The smallest absolute Gasteiger partial charge is 0.339 e. The van der Waals surface area contributed by atoms with Gasteiger partial charge in [-0.05, 0) is 18.9 Å². The number of anilines is 1. The zero-order valence-electron chi connectivity index (χ0n) is 13.9. The third-order valence-corrected chi connectivity index (χ3v) is 4.97. The third kappa shape index (κ3) is 2.54. The van der Waals surface area contributed by atoms with Crippen LogP contribution in [0.15, 0.2) is 24.5 Å². The van der Waals surface area contributed by atoms with Crippen LogP contribution in [0.2, 0.25) is 0 Å². The van der Waals surface area contributed by atoms with Gasteiger partial charge >= 0.3 is 5.97 Å². The van der Waals surface area contributed by atoms with Gasteiger partial charge in [0.15, 0.2) is 0 Å². The second-order valence-electron chi connectivity index (χ2n) is 6.50. The molecule has 0 radical (unpaired) electrons. The van der Waals surface area contributed by atoms with Crippen molar-refractivity contribution in [2.24, 2.45) is 7.05 Å². The number of hydrogen-bond donors (Lipinski definition) is 1. The number of carbonyl (C=O) groups is 2. The number of aryl methyl sites for hydroxylation is 1. The minimum atomic E-state index is -1.14. The molecule has 1 atom stereocenters. The van der Waals surface area contributed by atoms with Crippen LogP contribution in [0.5, 0.6) is 0 Å². The van der Waals surface area contributed by atoms with Crippen LogP contribution in [0.1, 0.15) is 39.3 Å². The molecule has 0 bridgehead atoms. The first-order valence-electron chi connectivity index (χ1n) is 8.31. The SMILES string of the molecule is Cn1ncc(C(=O)O)c1C(=O)N1Cc2cccnc2N2CCC[C@H]2C1. The molecule has 130 valence electrons. The highest BCUT2D eigenvalue weighted by molar-refractivity contribution is 6.03. The van der Waals surface area contributed by atoms with Crippen LogP contribution < -0.4 is 4.90 Å². The van der Waals surface area contributed by atoms with E-state index in [2.05, 4.69) is 15.0 Å². The fourth-order valence-corrected chi connectivity index (χ4v) is 3.79. The number of nitrogens with zero attached hydrogens (tertiary/aromatic N) is 5. The number of carbonyl (C=O) groups excluding carboxylic acids is 1. The van der Waals surface area contributed by atoms with Crippen molar-refractivity contribution in [2.75, 3.05) is 18.0 Å². The molecule has 2 aliphatic heterocycles. The molecule has 25 heavy (non-hydrogen) atoms. The lowest BCUT2D eigenvalue weighted by atomic mass is 10.1. The van der Waals surface area contributed by atoms with Gasteiger partial charge in [-0.15, -0.1) is 0 Å². The molecule has 2 aromatic heterocycles. The van der Waals surface area contributed by atoms with Crippen LogP contribution in [0.3, 0.4) is 0 Å². The number of aromatic carboxylic acids is 1. The summed E-state index contributed by atoms with van der Waals surface area (Å²) in [4.78, 5) is 33.1. The quantitative estimate of drug-likeness (QED) is 0.881. The van der Waals surface area contributed by atoms with Crippen LogP contribution in [0, 0.1) is 0 Å². The van der Waals surface area contributed by atoms with E-state index in [0.717, 1.165) is 30.8 Å². The van der Waals surface area contributed by atoms with Crippen molar-refractivity contribution >= 4 is 17.7 Å². The summed E-state index contributed by atoms with van der Waals surface area (Å²) in [6, 6.07) is 4.05. The van der Waals surface area contributed by atoms with Gasteiger partial charge in [0.05, 0.1) is 6.20 Å². The average Bonchev–Trinajstić information content (AvgIpc) is 3.17. The first kappa shape index (κ1) is 15.6. The summed E-state index contributed by atoms with van der Waals surface area (Å²) < 4.78 is 1.34. The molecule has 1 saturated heterocycles. The Morgan fingerprint density at radius 1 is 1.36 bits per heavy atom. The number of hydrogen-bond acceptors (Lipinski definition) is 5. The molecule has 0 unspecified atom stereocenters. The number of amides is 1. The van der Waals surface area contributed by atoms with Crippen molar-refractivity contribution in [3.8, 4) is 0 Å². The van der Waals surface area contributed by atoms with Gasteiger partial charge in [-0.3, -0.25) is 9.48 Å². The number of carboxylic acid groups (broad SMARTS) is 1. The Morgan fingerprint density at radius 3 is 3.00 bits per heavy atom. The molecule has 4 rings (SSSR count). The Morgan fingerprint density at radius 2 is 2.20 bits per heavy atom. The molecule has 1 fully saturated rings. The van der Waals surface area contributed by atoms with Crippen LogP contribution in [-0.4, -0.2) is 55.8 Å². The molecule has 8 nitrogen and oxygen atoms in total. The van der Waals surface area contributed by atoms with Crippen molar-refractivity contribution in [3.63, 3.8) is 0 Å². The van der Waals surface area contributed by atoms with Crippen molar-refractivity contribution in [1.29, 1.82) is 0 Å². The van der Waals surface area contributed by atoms with Crippen LogP contribution in [0.25, 0.3) is 0 Å². The highest BCUT2D eigenvalue weighted by Gasteiger charge is 2.36. The fourth-order valence-electron chi connectivity index (χ4n) is 3.79. The Hall–Kier alpha value is -2.90. The van der Waals surface area contributed by atoms with Crippen LogP contribution in [-0.2, 0) is 13.6 Å². The number of pyridine rings is 1. The summed E-state index contributed by atoms with van der Waals surface area (Å²) in [6.07, 6.45) is 5.06. The van der Waals surface area contributed by atoms with E-state index in [9.17, 15) is 14.7 Å². The summed E-state index contributed by atoms with van der Waals surface area (Å²) in [5.74, 6) is -0.513. The summed E-state index contributed by atoms with van der Waals surface area (Å²) >= 11 is 0. The highest BCUT2D eigenvalue weighted by Crippen LogP contribution is 2.32. The Balaban J connectivity index is 1.73. The molecule has 0 aliphatic carbocycles. The molecule has 2 aromatic rings. The van der Waals surface area contributed by atoms with E-state index in [1.165, 1.54) is 10.9 Å². The predicted molar refractivity (Wildman–Crippen MR) is 89.5 cm³/mol. The molecule has 1 N–H and O–H groups in total. The normalized spacial score (nSPS) is 19.3. The molecule has 4 heterocycles. The van der Waals surface area contributed by atoms with E-state index in [4.69, 9.17) is 0 Å². The molecule has 0 saturated carbocycles. The molecular formula is C17H19N5O3. The summed E-state index contributed by atoms with van der Waals surface area (Å²) in [7, 11) is 1.59. The minimum Gasteiger partial charge on any atom is -0.478 e. The maximum Gasteiger partial charge on any atom is 0.339 e.